The van der Waals surface area contributed by atoms with Gasteiger partial charge < -0.3 is 4.98 Å². The molecule has 3 aromatic carbocycles. The van der Waals surface area contributed by atoms with Crippen molar-refractivity contribution in [2.75, 3.05) is 26.2 Å². The smallest absolute Gasteiger partial charge is 0.138 e. The number of rotatable bonds is 6. The molecule has 1 aliphatic heterocycles. The fourth-order valence-corrected chi connectivity index (χ4v) is 5.79. The van der Waals surface area contributed by atoms with Gasteiger partial charge in [-0.25, -0.2) is 4.98 Å². The SMILES string of the molecule is Cc1[nH]c(-c2ccccc2C(C)(C)C)nc1C(C)N1CCN(C(c2ccccc2)c2ccccc2)CC1. The molecule has 37 heavy (non-hydrogen) atoms. The van der Waals surface area contributed by atoms with Crippen LogP contribution in [0.5, 0.6) is 0 Å². The van der Waals surface area contributed by atoms with Crippen LogP contribution in [0.15, 0.2) is 84.9 Å². The zero-order valence-corrected chi connectivity index (χ0v) is 22.9. The van der Waals surface area contributed by atoms with Crippen molar-refractivity contribution < 1.29 is 0 Å². The average Bonchev–Trinajstić information content (AvgIpc) is 3.31. The molecule has 0 amide bonds. The molecule has 4 heteroatoms. The van der Waals surface area contributed by atoms with Crippen LogP contribution < -0.4 is 0 Å². The fraction of sp³-hybridized carbons (Fsp3) is 0.364. The van der Waals surface area contributed by atoms with Crippen molar-refractivity contribution in [3.8, 4) is 11.4 Å². The van der Waals surface area contributed by atoms with Crippen molar-refractivity contribution in [2.45, 2.75) is 52.1 Å². The van der Waals surface area contributed by atoms with E-state index >= 15 is 0 Å². The van der Waals surface area contributed by atoms with Crippen molar-refractivity contribution in [1.82, 2.24) is 19.8 Å². The maximum Gasteiger partial charge on any atom is 0.138 e. The number of benzene rings is 3. The van der Waals surface area contributed by atoms with Crippen LogP contribution >= 0.6 is 0 Å². The van der Waals surface area contributed by atoms with Crippen molar-refractivity contribution in [2.24, 2.45) is 0 Å². The predicted molar refractivity (Wildman–Crippen MR) is 154 cm³/mol. The minimum atomic E-state index is 0.0629. The van der Waals surface area contributed by atoms with Gasteiger partial charge >= 0.3 is 0 Å². The number of hydrogen-bond donors (Lipinski definition) is 1. The second-order valence-electron chi connectivity index (χ2n) is 11.4. The number of aromatic amines is 1. The average molecular weight is 493 g/mol. The van der Waals surface area contributed by atoms with Gasteiger partial charge in [-0.1, -0.05) is 106 Å². The molecule has 0 aliphatic carbocycles. The Morgan fingerprint density at radius 1 is 0.730 bits per heavy atom. The van der Waals surface area contributed by atoms with Crippen LogP contribution in [0.3, 0.4) is 0 Å². The standard InChI is InChI=1S/C33H40N4/c1-24-30(35-32(34-24)28-18-12-13-19-29(28)33(3,4)5)25(2)36-20-22-37(23-21-36)31(26-14-8-6-9-15-26)27-16-10-7-11-17-27/h6-19,25,31H,20-23H2,1-5H3,(H,34,35). The highest BCUT2D eigenvalue weighted by Gasteiger charge is 2.30. The first-order valence-corrected chi connectivity index (χ1v) is 13.6. The molecule has 2 heterocycles. The Bertz CT molecular complexity index is 1260. The highest BCUT2D eigenvalue weighted by molar-refractivity contribution is 5.63. The molecule has 1 aliphatic rings. The van der Waals surface area contributed by atoms with Gasteiger partial charge in [0.25, 0.3) is 0 Å². The molecule has 1 unspecified atom stereocenters. The summed E-state index contributed by atoms with van der Waals surface area (Å²) in [5.41, 5.74) is 7.64. The van der Waals surface area contributed by atoms with E-state index in [9.17, 15) is 0 Å². The Balaban J connectivity index is 1.34. The largest absolute Gasteiger partial charge is 0.342 e. The van der Waals surface area contributed by atoms with E-state index in [1.54, 1.807) is 0 Å². The van der Waals surface area contributed by atoms with Gasteiger partial charge in [-0.05, 0) is 36.0 Å². The van der Waals surface area contributed by atoms with Crippen LogP contribution in [0.25, 0.3) is 11.4 Å². The van der Waals surface area contributed by atoms with E-state index in [4.69, 9.17) is 4.98 Å². The van der Waals surface area contributed by atoms with Crippen molar-refractivity contribution in [1.29, 1.82) is 0 Å². The third kappa shape index (κ3) is 5.41. The molecule has 5 rings (SSSR count). The van der Waals surface area contributed by atoms with Crippen LogP contribution in [-0.2, 0) is 5.41 Å². The summed E-state index contributed by atoms with van der Waals surface area (Å²) in [4.78, 5) is 14.0. The van der Waals surface area contributed by atoms with Crippen molar-refractivity contribution in [3.05, 3.63) is 113 Å². The minimum Gasteiger partial charge on any atom is -0.342 e. The first kappa shape index (κ1) is 25.4. The summed E-state index contributed by atoms with van der Waals surface area (Å²) in [6.45, 7) is 15.4. The number of aromatic nitrogens is 2. The highest BCUT2D eigenvalue weighted by Crippen LogP contribution is 2.34. The van der Waals surface area contributed by atoms with E-state index < -0.39 is 0 Å². The lowest BCUT2D eigenvalue weighted by atomic mass is 9.83. The number of hydrogen-bond acceptors (Lipinski definition) is 3. The number of nitrogens with zero attached hydrogens (tertiary/aromatic N) is 3. The van der Waals surface area contributed by atoms with Crippen LogP contribution in [-0.4, -0.2) is 45.9 Å². The summed E-state index contributed by atoms with van der Waals surface area (Å²) in [7, 11) is 0. The molecule has 4 nitrogen and oxygen atoms in total. The van der Waals surface area contributed by atoms with Gasteiger partial charge in [-0.15, -0.1) is 0 Å². The molecular formula is C33H40N4. The quantitative estimate of drug-likeness (QED) is 0.310. The monoisotopic (exact) mass is 492 g/mol. The minimum absolute atomic E-state index is 0.0629. The predicted octanol–water partition coefficient (Wildman–Crippen LogP) is 7.15. The number of piperazine rings is 1. The van der Waals surface area contributed by atoms with E-state index in [0.29, 0.717) is 0 Å². The third-order valence-corrected chi connectivity index (χ3v) is 7.80. The van der Waals surface area contributed by atoms with Gasteiger partial charge in [0, 0.05) is 37.4 Å². The second kappa shape index (κ2) is 10.6. The lowest BCUT2D eigenvalue weighted by molar-refractivity contribution is 0.0826. The summed E-state index contributed by atoms with van der Waals surface area (Å²) in [6, 6.07) is 31.1. The molecule has 0 bridgehead atoms. The molecule has 0 radical (unpaired) electrons. The van der Waals surface area contributed by atoms with Gasteiger partial charge in [0.15, 0.2) is 0 Å². The number of nitrogens with one attached hydrogen (secondary N) is 1. The fourth-order valence-electron chi connectivity index (χ4n) is 5.79. The van der Waals surface area contributed by atoms with Gasteiger partial charge in [0.2, 0.25) is 0 Å². The van der Waals surface area contributed by atoms with Gasteiger partial charge in [-0.3, -0.25) is 9.80 Å². The molecule has 1 saturated heterocycles. The van der Waals surface area contributed by atoms with Gasteiger partial charge in [0.05, 0.1) is 17.8 Å². The summed E-state index contributed by atoms with van der Waals surface area (Å²) in [5, 5.41) is 0. The van der Waals surface area contributed by atoms with E-state index in [0.717, 1.165) is 37.7 Å². The van der Waals surface area contributed by atoms with Crippen LogP contribution in [0, 0.1) is 6.92 Å². The normalized spacial score (nSPS) is 16.3. The van der Waals surface area contributed by atoms with Gasteiger partial charge in [0.1, 0.15) is 5.82 Å². The molecule has 1 aromatic heterocycles. The summed E-state index contributed by atoms with van der Waals surface area (Å²) in [6.07, 6.45) is 0. The maximum absolute atomic E-state index is 5.17. The second-order valence-corrected chi connectivity index (χ2v) is 11.4. The zero-order valence-electron chi connectivity index (χ0n) is 22.9. The lowest BCUT2D eigenvalue weighted by Gasteiger charge is -2.41. The lowest BCUT2D eigenvalue weighted by Crippen LogP contribution is -2.48. The molecule has 1 atom stereocenters. The van der Waals surface area contributed by atoms with Crippen molar-refractivity contribution >= 4 is 0 Å². The van der Waals surface area contributed by atoms with E-state index in [-0.39, 0.29) is 17.5 Å². The third-order valence-electron chi connectivity index (χ3n) is 7.80. The van der Waals surface area contributed by atoms with E-state index in [2.05, 4.69) is 134 Å². The molecule has 1 fully saturated rings. The topological polar surface area (TPSA) is 35.2 Å². The molecule has 0 saturated carbocycles. The molecule has 4 aromatic rings. The molecular weight excluding hydrogens is 452 g/mol. The maximum atomic E-state index is 5.17. The van der Waals surface area contributed by atoms with E-state index in [1.807, 2.05) is 0 Å². The highest BCUT2D eigenvalue weighted by atomic mass is 15.3. The summed E-state index contributed by atoms with van der Waals surface area (Å²) in [5.74, 6) is 0.983. The molecule has 1 N–H and O–H groups in total. The molecule has 0 spiro atoms. The van der Waals surface area contributed by atoms with Crippen molar-refractivity contribution in [3.63, 3.8) is 0 Å². The van der Waals surface area contributed by atoms with Crippen LogP contribution in [0.4, 0.5) is 0 Å². The summed E-state index contributed by atoms with van der Waals surface area (Å²) < 4.78 is 0. The van der Waals surface area contributed by atoms with Crippen LogP contribution in [0.2, 0.25) is 0 Å². The van der Waals surface area contributed by atoms with E-state index in [1.165, 1.54) is 27.9 Å². The Kier molecular flexibility index (Phi) is 7.32. The Morgan fingerprint density at radius 2 is 1.24 bits per heavy atom. The number of imidazole rings is 1. The molecule has 192 valence electrons. The van der Waals surface area contributed by atoms with Gasteiger partial charge in [-0.2, -0.15) is 0 Å². The van der Waals surface area contributed by atoms with Crippen LogP contribution in [0.1, 0.15) is 67.9 Å². The number of aryl methyl sites for hydroxylation is 1. The summed E-state index contributed by atoms with van der Waals surface area (Å²) >= 11 is 0. The zero-order chi connectivity index (χ0) is 26.0. The Labute approximate surface area is 222 Å². The Morgan fingerprint density at radius 3 is 1.81 bits per heavy atom. The first-order valence-electron chi connectivity index (χ1n) is 13.6. The number of H-pyrrole nitrogens is 1. The first-order chi connectivity index (χ1) is 17.8. The Hall–Kier alpha value is -3.21.